The minimum Gasteiger partial charge on any atom is -0.494 e. The summed E-state index contributed by atoms with van der Waals surface area (Å²) in [5.41, 5.74) is 0.982. The lowest BCUT2D eigenvalue weighted by atomic mass is 10.1. The highest BCUT2D eigenvalue weighted by atomic mass is 16.5. The third-order valence-electron chi connectivity index (χ3n) is 4.34. The second-order valence-corrected chi connectivity index (χ2v) is 6.13. The summed E-state index contributed by atoms with van der Waals surface area (Å²) in [4.78, 5) is 2.43. The van der Waals surface area contributed by atoms with E-state index in [1.807, 2.05) is 24.3 Å². The van der Waals surface area contributed by atoms with Crippen molar-refractivity contribution in [3.05, 3.63) is 29.8 Å². The molecule has 2 atom stereocenters. The van der Waals surface area contributed by atoms with Crippen LogP contribution in [-0.4, -0.2) is 35.7 Å². The fourth-order valence-electron chi connectivity index (χ4n) is 2.94. The zero-order valence-corrected chi connectivity index (χ0v) is 13.4. The van der Waals surface area contributed by atoms with Crippen molar-refractivity contribution in [1.29, 1.82) is 0 Å². The monoisotopic (exact) mass is 291 g/mol. The molecule has 1 fully saturated rings. The van der Waals surface area contributed by atoms with Gasteiger partial charge >= 0.3 is 0 Å². The largest absolute Gasteiger partial charge is 0.494 e. The zero-order chi connectivity index (χ0) is 15.1. The Morgan fingerprint density at radius 2 is 2.00 bits per heavy atom. The Labute approximate surface area is 128 Å². The van der Waals surface area contributed by atoms with E-state index >= 15 is 0 Å². The van der Waals surface area contributed by atoms with Crippen LogP contribution in [-0.2, 0) is 0 Å². The maximum atomic E-state index is 10.5. The van der Waals surface area contributed by atoms with Gasteiger partial charge in [-0.2, -0.15) is 0 Å². The molecule has 1 N–H and O–H groups in total. The molecule has 0 radical (unpaired) electrons. The van der Waals surface area contributed by atoms with E-state index in [1.54, 1.807) is 0 Å². The van der Waals surface area contributed by atoms with Crippen molar-refractivity contribution in [2.24, 2.45) is 0 Å². The SMILES string of the molecule is CCCOc1ccc(C(O)CN2CCCCCC2C)cc1. The second kappa shape index (κ2) is 8.40. The molecule has 21 heavy (non-hydrogen) atoms. The molecule has 0 saturated carbocycles. The predicted octanol–water partition coefficient (Wildman–Crippen LogP) is 3.77. The molecular formula is C18H29NO2. The Balaban J connectivity index is 1.91. The fourth-order valence-corrected chi connectivity index (χ4v) is 2.94. The molecule has 0 aliphatic carbocycles. The standard InChI is InChI=1S/C18H29NO2/c1-3-13-21-17-10-8-16(9-11-17)18(20)14-19-12-6-4-5-7-15(19)2/h8-11,15,18,20H,3-7,12-14H2,1-2H3. The van der Waals surface area contributed by atoms with Gasteiger partial charge in [0.15, 0.2) is 0 Å². The Morgan fingerprint density at radius 3 is 2.71 bits per heavy atom. The highest BCUT2D eigenvalue weighted by Crippen LogP contribution is 2.22. The van der Waals surface area contributed by atoms with Gasteiger partial charge in [-0.25, -0.2) is 0 Å². The average Bonchev–Trinajstić information content (AvgIpc) is 2.70. The van der Waals surface area contributed by atoms with Gasteiger partial charge in [-0.15, -0.1) is 0 Å². The molecule has 1 saturated heterocycles. The van der Waals surface area contributed by atoms with Crippen molar-refractivity contribution >= 4 is 0 Å². The van der Waals surface area contributed by atoms with Gasteiger partial charge in [0.05, 0.1) is 12.7 Å². The van der Waals surface area contributed by atoms with Crippen LogP contribution in [0.2, 0.25) is 0 Å². The first-order valence-electron chi connectivity index (χ1n) is 8.35. The first kappa shape index (κ1) is 16.3. The minimum atomic E-state index is -0.411. The third kappa shape index (κ3) is 5.01. The number of nitrogens with zero attached hydrogens (tertiary/aromatic N) is 1. The first-order chi connectivity index (χ1) is 10.2. The Hall–Kier alpha value is -1.06. The van der Waals surface area contributed by atoms with Crippen LogP contribution >= 0.6 is 0 Å². The zero-order valence-electron chi connectivity index (χ0n) is 13.4. The van der Waals surface area contributed by atoms with Crippen molar-refractivity contribution in [2.75, 3.05) is 19.7 Å². The summed E-state index contributed by atoms with van der Waals surface area (Å²) in [7, 11) is 0. The fraction of sp³-hybridized carbons (Fsp3) is 0.667. The molecule has 2 rings (SSSR count). The van der Waals surface area contributed by atoms with E-state index in [-0.39, 0.29) is 0 Å². The van der Waals surface area contributed by atoms with Crippen LogP contribution < -0.4 is 4.74 Å². The Kier molecular flexibility index (Phi) is 6.52. The molecule has 0 bridgehead atoms. The second-order valence-electron chi connectivity index (χ2n) is 6.13. The maximum absolute atomic E-state index is 10.5. The van der Waals surface area contributed by atoms with Crippen LogP contribution in [0.1, 0.15) is 57.6 Å². The van der Waals surface area contributed by atoms with E-state index < -0.39 is 6.10 Å². The van der Waals surface area contributed by atoms with Crippen molar-refractivity contribution < 1.29 is 9.84 Å². The molecule has 1 aromatic rings. The van der Waals surface area contributed by atoms with Crippen LogP contribution in [0.5, 0.6) is 5.75 Å². The average molecular weight is 291 g/mol. The van der Waals surface area contributed by atoms with Gasteiger partial charge in [0.25, 0.3) is 0 Å². The van der Waals surface area contributed by atoms with Crippen LogP contribution in [0.4, 0.5) is 0 Å². The van der Waals surface area contributed by atoms with E-state index in [4.69, 9.17) is 4.74 Å². The molecule has 1 aromatic carbocycles. The summed E-state index contributed by atoms with van der Waals surface area (Å²) in [5, 5.41) is 10.5. The van der Waals surface area contributed by atoms with Crippen LogP contribution in [0.15, 0.2) is 24.3 Å². The molecule has 1 aliphatic heterocycles. The smallest absolute Gasteiger partial charge is 0.119 e. The number of β-amino-alcohol motifs (C(OH)–C–C–N with tert-alkyl or cyclic N) is 1. The predicted molar refractivity (Wildman–Crippen MR) is 86.7 cm³/mol. The summed E-state index contributed by atoms with van der Waals surface area (Å²) in [5.74, 6) is 0.885. The molecule has 0 aromatic heterocycles. The summed E-state index contributed by atoms with van der Waals surface area (Å²) < 4.78 is 5.58. The summed E-state index contributed by atoms with van der Waals surface area (Å²) in [6, 6.07) is 8.46. The van der Waals surface area contributed by atoms with Gasteiger partial charge in [-0.05, 0) is 50.4 Å². The molecule has 1 aliphatic rings. The lowest BCUT2D eigenvalue weighted by Gasteiger charge is -2.29. The number of hydrogen-bond donors (Lipinski definition) is 1. The number of hydrogen-bond acceptors (Lipinski definition) is 3. The molecule has 0 spiro atoms. The van der Waals surface area contributed by atoms with Gasteiger partial charge in [-0.3, -0.25) is 4.90 Å². The quantitative estimate of drug-likeness (QED) is 0.866. The van der Waals surface area contributed by atoms with E-state index in [9.17, 15) is 5.11 Å². The summed E-state index contributed by atoms with van der Waals surface area (Å²) >= 11 is 0. The number of likely N-dealkylation sites (tertiary alicyclic amines) is 1. The summed E-state index contributed by atoms with van der Waals surface area (Å²) in [6.45, 7) is 6.96. The Morgan fingerprint density at radius 1 is 1.24 bits per heavy atom. The molecule has 3 heteroatoms. The molecular weight excluding hydrogens is 262 g/mol. The van der Waals surface area contributed by atoms with Gasteiger partial charge < -0.3 is 9.84 Å². The summed E-state index contributed by atoms with van der Waals surface area (Å²) in [6.07, 6.45) is 5.73. The van der Waals surface area contributed by atoms with E-state index in [0.717, 1.165) is 37.4 Å². The normalized spacial score (nSPS) is 21.8. The molecule has 0 amide bonds. The van der Waals surface area contributed by atoms with Crippen molar-refractivity contribution in [3.8, 4) is 5.75 Å². The Bertz CT molecular complexity index is 404. The molecule has 118 valence electrons. The molecule has 3 nitrogen and oxygen atoms in total. The van der Waals surface area contributed by atoms with Crippen molar-refractivity contribution in [2.45, 2.75) is 58.1 Å². The lowest BCUT2D eigenvalue weighted by Crippen LogP contribution is -2.36. The lowest BCUT2D eigenvalue weighted by molar-refractivity contribution is 0.0928. The van der Waals surface area contributed by atoms with Gasteiger partial charge in [0, 0.05) is 12.6 Å². The number of rotatable bonds is 6. The van der Waals surface area contributed by atoms with Gasteiger partial charge in [-0.1, -0.05) is 31.9 Å². The maximum Gasteiger partial charge on any atom is 0.119 e. The number of benzene rings is 1. The van der Waals surface area contributed by atoms with E-state index in [0.29, 0.717) is 6.04 Å². The van der Waals surface area contributed by atoms with Crippen molar-refractivity contribution in [3.63, 3.8) is 0 Å². The molecule has 1 heterocycles. The molecule has 2 unspecified atom stereocenters. The van der Waals surface area contributed by atoms with Crippen LogP contribution in [0, 0.1) is 0 Å². The topological polar surface area (TPSA) is 32.7 Å². The van der Waals surface area contributed by atoms with Crippen LogP contribution in [0.25, 0.3) is 0 Å². The minimum absolute atomic E-state index is 0.411. The third-order valence-corrected chi connectivity index (χ3v) is 4.34. The van der Waals surface area contributed by atoms with Crippen molar-refractivity contribution in [1.82, 2.24) is 4.90 Å². The number of aliphatic hydroxyl groups excluding tert-OH is 1. The number of ether oxygens (including phenoxy) is 1. The van der Waals surface area contributed by atoms with Gasteiger partial charge in [0.2, 0.25) is 0 Å². The van der Waals surface area contributed by atoms with Gasteiger partial charge in [0.1, 0.15) is 5.75 Å². The highest BCUT2D eigenvalue weighted by molar-refractivity contribution is 5.28. The van der Waals surface area contributed by atoms with Crippen LogP contribution in [0.3, 0.4) is 0 Å². The van der Waals surface area contributed by atoms with E-state index in [2.05, 4.69) is 18.7 Å². The number of aliphatic hydroxyl groups is 1. The highest BCUT2D eigenvalue weighted by Gasteiger charge is 2.20. The van der Waals surface area contributed by atoms with E-state index in [1.165, 1.54) is 25.7 Å². The first-order valence-corrected chi connectivity index (χ1v) is 8.35.